The standard InChI is InChI=1S/C20H19Cl2N3O/c1-3-25(4-2)17-8-5-14(6-9-17)11-15(13-23)20(26)24-19-12-16(21)7-10-18(19)22/h5-12H,3-4H2,1-2H3,(H,24,26). The van der Waals surface area contributed by atoms with Crippen LogP contribution in [0.1, 0.15) is 19.4 Å². The molecule has 1 N–H and O–H groups in total. The van der Waals surface area contributed by atoms with Gasteiger partial charge in [-0.2, -0.15) is 5.26 Å². The quantitative estimate of drug-likeness (QED) is 0.534. The largest absolute Gasteiger partial charge is 0.372 e. The zero-order valence-corrected chi connectivity index (χ0v) is 16.1. The molecule has 0 aliphatic carbocycles. The van der Waals surface area contributed by atoms with Gasteiger partial charge in [0.2, 0.25) is 0 Å². The minimum atomic E-state index is -0.538. The Bertz CT molecular complexity index is 850. The highest BCUT2D eigenvalue weighted by atomic mass is 35.5. The van der Waals surface area contributed by atoms with Crippen LogP contribution < -0.4 is 10.2 Å². The fourth-order valence-corrected chi connectivity index (χ4v) is 2.81. The van der Waals surface area contributed by atoms with Gasteiger partial charge < -0.3 is 10.2 Å². The number of hydrogen-bond donors (Lipinski definition) is 1. The summed E-state index contributed by atoms with van der Waals surface area (Å²) in [6.07, 6.45) is 1.54. The van der Waals surface area contributed by atoms with Crippen LogP contribution in [0.5, 0.6) is 0 Å². The number of nitrogens with one attached hydrogen (secondary N) is 1. The Balaban J connectivity index is 2.20. The number of amides is 1. The molecule has 0 bridgehead atoms. The van der Waals surface area contributed by atoms with Gasteiger partial charge in [0.25, 0.3) is 5.91 Å². The molecular formula is C20H19Cl2N3O. The summed E-state index contributed by atoms with van der Waals surface area (Å²) in [5.74, 6) is -0.538. The van der Waals surface area contributed by atoms with E-state index in [1.165, 1.54) is 6.07 Å². The predicted molar refractivity (Wildman–Crippen MR) is 109 cm³/mol. The first-order valence-corrected chi connectivity index (χ1v) is 8.97. The van der Waals surface area contributed by atoms with Crippen LogP contribution in [-0.4, -0.2) is 19.0 Å². The third-order valence-corrected chi connectivity index (χ3v) is 4.44. The van der Waals surface area contributed by atoms with Crippen LogP contribution in [-0.2, 0) is 4.79 Å². The molecule has 0 aromatic heterocycles. The van der Waals surface area contributed by atoms with E-state index >= 15 is 0 Å². The van der Waals surface area contributed by atoms with Gasteiger partial charge in [-0.1, -0.05) is 35.3 Å². The zero-order valence-electron chi connectivity index (χ0n) is 14.6. The highest BCUT2D eigenvalue weighted by molar-refractivity contribution is 6.36. The lowest BCUT2D eigenvalue weighted by Gasteiger charge is -2.20. The second-order valence-electron chi connectivity index (χ2n) is 5.51. The molecule has 2 aromatic carbocycles. The van der Waals surface area contributed by atoms with E-state index in [1.807, 2.05) is 30.3 Å². The molecule has 0 saturated heterocycles. The number of carbonyl (C=O) groups excluding carboxylic acids is 1. The number of carbonyl (C=O) groups is 1. The number of halogens is 2. The second kappa shape index (κ2) is 9.28. The van der Waals surface area contributed by atoms with Crippen LogP contribution in [0.2, 0.25) is 10.0 Å². The van der Waals surface area contributed by atoms with Gasteiger partial charge in [-0.15, -0.1) is 0 Å². The van der Waals surface area contributed by atoms with Crippen molar-refractivity contribution in [2.45, 2.75) is 13.8 Å². The van der Waals surface area contributed by atoms with Crippen molar-refractivity contribution in [1.82, 2.24) is 0 Å². The maximum Gasteiger partial charge on any atom is 0.266 e. The molecule has 0 fully saturated rings. The van der Waals surface area contributed by atoms with Crippen molar-refractivity contribution in [2.24, 2.45) is 0 Å². The molecule has 1 amide bonds. The zero-order chi connectivity index (χ0) is 19.1. The number of anilines is 2. The lowest BCUT2D eigenvalue weighted by atomic mass is 10.1. The van der Waals surface area contributed by atoms with E-state index in [1.54, 1.807) is 18.2 Å². The highest BCUT2D eigenvalue weighted by Gasteiger charge is 2.12. The van der Waals surface area contributed by atoms with Gasteiger partial charge in [0, 0.05) is 23.8 Å². The first kappa shape index (κ1) is 19.8. The maximum atomic E-state index is 12.4. The van der Waals surface area contributed by atoms with Gasteiger partial charge in [0.1, 0.15) is 11.6 Å². The Morgan fingerprint density at radius 3 is 2.38 bits per heavy atom. The third-order valence-electron chi connectivity index (χ3n) is 3.87. The summed E-state index contributed by atoms with van der Waals surface area (Å²) in [5.41, 5.74) is 2.21. The Morgan fingerprint density at radius 2 is 1.81 bits per heavy atom. The molecule has 0 unspecified atom stereocenters. The van der Waals surface area contributed by atoms with Crippen molar-refractivity contribution in [3.05, 3.63) is 63.6 Å². The van der Waals surface area contributed by atoms with Crippen molar-refractivity contribution >= 4 is 46.6 Å². The molecular weight excluding hydrogens is 369 g/mol. The van der Waals surface area contributed by atoms with E-state index in [0.29, 0.717) is 15.7 Å². The number of rotatable bonds is 6. The first-order valence-electron chi connectivity index (χ1n) is 8.21. The molecule has 134 valence electrons. The smallest absolute Gasteiger partial charge is 0.266 e. The van der Waals surface area contributed by atoms with Crippen LogP contribution >= 0.6 is 23.2 Å². The first-order chi connectivity index (χ1) is 12.5. The summed E-state index contributed by atoms with van der Waals surface area (Å²) in [7, 11) is 0. The topological polar surface area (TPSA) is 56.1 Å². The van der Waals surface area contributed by atoms with Crippen LogP contribution in [0.15, 0.2) is 48.0 Å². The Morgan fingerprint density at radius 1 is 1.15 bits per heavy atom. The fraction of sp³-hybridized carbons (Fsp3) is 0.200. The average Bonchev–Trinajstić information content (AvgIpc) is 2.64. The molecule has 0 spiro atoms. The molecule has 0 aliphatic rings. The lowest BCUT2D eigenvalue weighted by Crippen LogP contribution is -2.21. The van der Waals surface area contributed by atoms with E-state index in [9.17, 15) is 10.1 Å². The summed E-state index contributed by atoms with van der Waals surface area (Å²) in [5, 5.41) is 12.7. The summed E-state index contributed by atoms with van der Waals surface area (Å²) >= 11 is 12.0. The van der Waals surface area contributed by atoms with Gasteiger partial charge in [-0.3, -0.25) is 4.79 Å². The minimum absolute atomic E-state index is 0.0170. The van der Waals surface area contributed by atoms with Crippen molar-refractivity contribution in [1.29, 1.82) is 5.26 Å². The van der Waals surface area contributed by atoms with Gasteiger partial charge in [0.15, 0.2) is 0 Å². The molecule has 2 rings (SSSR count). The van der Waals surface area contributed by atoms with E-state index < -0.39 is 5.91 Å². The normalized spacial score (nSPS) is 11.0. The van der Waals surface area contributed by atoms with Gasteiger partial charge in [-0.25, -0.2) is 0 Å². The van der Waals surface area contributed by atoms with Crippen LogP contribution in [0.25, 0.3) is 6.08 Å². The minimum Gasteiger partial charge on any atom is -0.372 e. The molecule has 2 aromatic rings. The molecule has 4 nitrogen and oxygen atoms in total. The van der Waals surface area contributed by atoms with E-state index in [-0.39, 0.29) is 5.57 Å². The van der Waals surface area contributed by atoms with Crippen LogP contribution in [0, 0.1) is 11.3 Å². The molecule has 0 heterocycles. The molecule has 6 heteroatoms. The average molecular weight is 388 g/mol. The van der Waals surface area contributed by atoms with Crippen molar-refractivity contribution in [2.75, 3.05) is 23.3 Å². The molecule has 0 aliphatic heterocycles. The van der Waals surface area contributed by atoms with Gasteiger partial charge in [0.05, 0.1) is 10.7 Å². The monoisotopic (exact) mass is 387 g/mol. The molecule has 26 heavy (non-hydrogen) atoms. The van der Waals surface area contributed by atoms with Crippen LogP contribution in [0.4, 0.5) is 11.4 Å². The number of nitrogens with zero attached hydrogens (tertiary/aromatic N) is 2. The summed E-state index contributed by atoms with van der Waals surface area (Å²) in [4.78, 5) is 14.6. The van der Waals surface area contributed by atoms with Crippen molar-refractivity contribution in [3.63, 3.8) is 0 Å². The van der Waals surface area contributed by atoms with Crippen molar-refractivity contribution in [3.8, 4) is 6.07 Å². The van der Waals surface area contributed by atoms with E-state index in [2.05, 4.69) is 24.1 Å². The summed E-state index contributed by atoms with van der Waals surface area (Å²) < 4.78 is 0. The second-order valence-corrected chi connectivity index (χ2v) is 6.36. The third kappa shape index (κ3) is 5.01. The van der Waals surface area contributed by atoms with E-state index in [0.717, 1.165) is 24.3 Å². The fourth-order valence-electron chi connectivity index (χ4n) is 2.47. The molecule has 0 saturated carbocycles. The Hall–Kier alpha value is -2.48. The predicted octanol–water partition coefficient (Wildman–Crippen LogP) is 5.39. The Labute approximate surface area is 163 Å². The maximum absolute atomic E-state index is 12.4. The molecule has 0 radical (unpaired) electrons. The van der Waals surface area contributed by atoms with Crippen LogP contribution in [0.3, 0.4) is 0 Å². The number of nitriles is 1. The lowest BCUT2D eigenvalue weighted by molar-refractivity contribution is -0.112. The summed E-state index contributed by atoms with van der Waals surface area (Å²) in [6.45, 7) is 6.02. The van der Waals surface area contributed by atoms with Crippen molar-refractivity contribution < 1.29 is 4.79 Å². The number of hydrogen-bond acceptors (Lipinski definition) is 3. The Kier molecular flexibility index (Phi) is 7.08. The molecule has 0 atom stereocenters. The number of benzene rings is 2. The SMILES string of the molecule is CCN(CC)c1ccc(C=C(C#N)C(=O)Nc2cc(Cl)ccc2Cl)cc1. The van der Waals surface area contributed by atoms with E-state index in [4.69, 9.17) is 23.2 Å². The van der Waals surface area contributed by atoms with Gasteiger partial charge in [-0.05, 0) is 55.8 Å². The highest BCUT2D eigenvalue weighted by Crippen LogP contribution is 2.26. The summed E-state index contributed by atoms with van der Waals surface area (Å²) in [6, 6.07) is 14.4. The van der Waals surface area contributed by atoms with Gasteiger partial charge >= 0.3 is 0 Å².